The summed E-state index contributed by atoms with van der Waals surface area (Å²) in [4.78, 5) is 38.7. The van der Waals surface area contributed by atoms with Crippen molar-refractivity contribution < 1.29 is 28.9 Å². The number of carbonyl (C=O) groups excluding carboxylic acids is 3. The Morgan fingerprint density at radius 2 is 2.18 bits per heavy atom. The number of ether oxygens (including phenoxy) is 1. The number of rotatable bonds is 3. The van der Waals surface area contributed by atoms with Crippen LogP contribution in [0.25, 0.3) is 0 Å². The number of esters is 1. The van der Waals surface area contributed by atoms with Gasteiger partial charge >= 0.3 is 5.97 Å². The summed E-state index contributed by atoms with van der Waals surface area (Å²) < 4.78 is 10.3. The highest BCUT2D eigenvalue weighted by Gasteiger charge is 2.70. The predicted octanol–water partition coefficient (Wildman–Crippen LogP) is -0.549. The second kappa shape index (κ2) is 4.95. The van der Waals surface area contributed by atoms with E-state index in [0.29, 0.717) is 12.3 Å². The van der Waals surface area contributed by atoms with Crippen LogP contribution in [0.2, 0.25) is 0 Å². The highest BCUT2D eigenvalue weighted by Crippen LogP contribution is 2.44. The Morgan fingerprint density at radius 1 is 1.45 bits per heavy atom. The first-order valence-electron chi connectivity index (χ1n) is 7.28. The first-order chi connectivity index (χ1) is 10.5. The first kappa shape index (κ1) is 14.8. The lowest BCUT2D eigenvalue weighted by atomic mass is 9.81. The molecule has 3 rings (SSSR count). The Labute approximate surface area is 127 Å². The standard InChI is InChI=1S/C15H18N2O5/c1-4-17-12(18)9-10(13(17)19)15(2,14(20)21-3)16-11(9)8-6-5-7-22-8/h5-7,9-11,16H,4H2,1-3H3/p+1/t9-,10-,11-,15+/m0/s1. The number of imide groups is 1. The molecule has 0 spiro atoms. The number of amides is 2. The molecule has 0 unspecified atom stereocenters. The number of quaternary nitrogens is 1. The average molecular weight is 307 g/mol. The average Bonchev–Trinajstić information content (AvgIpc) is 3.17. The number of hydrogen-bond donors (Lipinski definition) is 1. The van der Waals surface area contributed by atoms with Gasteiger partial charge in [0, 0.05) is 13.5 Å². The zero-order valence-corrected chi connectivity index (χ0v) is 12.7. The topological polar surface area (TPSA) is 93.4 Å². The van der Waals surface area contributed by atoms with Gasteiger partial charge in [-0.1, -0.05) is 0 Å². The van der Waals surface area contributed by atoms with E-state index in [9.17, 15) is 14.4 Å². The van der Waals surface area contributed by atoms with Crippen LogP contribution in [0.4, 0.5) is 0 Å². The summed E-state index contributed by atoms with van der Waals surface area (Å²) in [6.45, 7) is 3.70. The van der Waals surface area contributed by atoms with Crippen LogP contribution in [0.5, 0.6) is 0 Å². The molecule has 2 saturated heterocycles. The van der Waals surface area contributed by atoms with Gasteiger partial charge in [0.15, 0.2) is 11.8 Å². The predicted molar refractivity (Wildman–Crippen MR) is 73.2 cm³/mol. The Morgan fingerprint density at radius 3 is 2.73 bits per heavy atom. The number of likely N-dealkylation sites (tertiary alicyclic amines) is 1. The highest BCUT2D eigenvalue weighted by molar-refractivity contribution is 6.08. The van der Waals surface area contributed by atoms with Gasteiger partial charge in [0.05, 0.1) is 13.4 Å². The second-order valence-electron chi connectivity index (χ2n) is 5.91. The van der Waals surface area contributed by atoms with Crippen molar-refractivity contribution in [3.8, 4) is 0 Å². The van der Waals surface area contributed by atoms with Crippen LogP contribution in [0, 0.1) is 11.8 Å². The molecule has 2 amide bonds. The third kappa shape index (κ3) is 1.75. The molecule has 2 aliphatic heterocycles. The Balaban J connectivity index is 2.09. The number of methoxy groups -OCH3 is 1. The van der Waals surface area contributed by atoms with Crippen molar-refractivity contribution >= 4 is 17.8 Å². The van der Waals surface area contributed by atoms with Crippen LogP contribution >= 0.6 is 0 Å². The summed E-state index contributed by atoms with van der Waals surface area (Å²) in [5, 5.41) is 1.73. The maximum absolute atomic E-state index is 12.6. The van der Waals surface area contributed by atoms with Gasteiger partial charge in [0.1, 0.15) is 11.8 Å². The smallest absolute Gasteiger partial charge is 0.368 e. The van der Waals surface area contributed by atoms with Crippen molar-refractivity contribution in [1.29, 1.82) is 0 Å². The van der Waals surface area contributed by atoms with E-state index >= 15 is 0 Å². The fraction of sp³-hybridized carbons (Fsp3) is 0.533. The molecule has 2 fully saturated rings. The van der Waals surface area contributed by atoms with Crippen molar-refractivity contribution in [2.75, 3.05) is 13.7 Å². The lowest BCUT2D eigenvalue weighted by Crippen LogP contribution is -2.97. The highest BCUT2D eigenvalue weighted by atomic mass is 16.5. The minimum Gasteiger partial charge on any atom is -0.464 e. The molecule has 3 heterocycles. The number of nitrogens with zero attached hydrogens (tertiary/aromatic N) is 1. The molecule has 0 aromatic carbocycles. The van der Waals surface area contributed by atoms with Gasteiger partial charge in [-0.3, -0.25) is 14.5 Å². The summed E-state index contributed by atoms with van der Waals surface area (Å²) in [6, 6.07) is 3.08. The first-order valence-corrected chi connectivity index (χ1v) is 7.28. The van der Waals surface area contributed by atoms with E-state index in [0.717, 1.165) is 0 Å². The molecule has 1 aromatic heterocycles. The van der Waals surface area contributed by atoms with Crippen molar-refractivity contribution in [3.63, 3.8) is 0 Å². The number of hydrogen-bond acceptors (Lipinski definition) is 5. The largest absolute Gasteiger partial charge is 0.464 e. The molecule has 7 nitrogen and oxygen atoms in total. The molecule has 0 saturated carbocycles. The molecule has 0 aliphatic carbocycles. The van der Waals surface area contributed by atoms with Gasteiger partial charge in [-0.05, 0) is 19.1 Å². The van der Waals surface area contributed by atoms with E-state index in [1.165, 1.54) is 18.3 Å². The second-order valence-corrected chi connectivity index (χ2v) is 5.91. The van der Waals surface area contributed by atoms with Crippen LogP contribution in [0.15, 0.2) is 22.8 Å². The van der Waals surface area contributed by atoms with Crippen LogP contribution < -0.4 is 5.32 Å². The molecule has 0 radical (unpaired) electrons. The lowest BCUT2D eigenvalue weighted by molar-refractivity contribution is -0.732. The summed E-state index contributed by atoms with van der Waals surface area (Å²) in [7, 11) is 1.29. The molecule has 1 aromatic rings. The van der Waals surface area contributed by atoms with Crippen molar-refractivity contribution in [3.05, 3.63) is 24.2 Å². The van der Waals surface area contributed by atoms with Crippen LogP contribution in [-0.2, 0) is 19.1 Å². The molecular formula is C15H19N2O5+. The van der Waals surface area contributed by atoms with E-state index in [2.05, 4.69) is 0 Å². The van der Waals surface area contributed by atoms with Crippen LogP contribution in [0.3, 0.4) is 0 Å². The Hall–Kier alpha value is -2.15. The summed E-state index contributed by atoms with van der Waals surface area (Å²) >= 11 is 0. The van der Waals surface area contributed by atoms with E-state index in [-0.39, 0.29) is 11.8 Å². The van der Waals surface area contributed by atoms with Crippen LogP contribution in [-0.4, -0.2) is 41.9 Å². The Bertz CT molecular complexity index is 626. The molecule has 2 N–H and O–H groups in total. The van der Waals surface area contributed by atoms with Crippen molar-refractivity contribution in [2.45, 2.75) is 25.4 Å². The third-order valence-electron chi connectivity index (χ3n) is 4.81. The minimum atomic E-state index is -1.13. The number of carbonyl (C=O) groups is 3. The third-order valence-corrected chi connectivity index (χ3v) is 4.81. The molecule has 0 bridgehead atoms. The number of fused-ring (bicyclic) bond motifs is 1. The maximum atomic E-state index is 12.6. The molecule has 118 valence electrons. The van der Waals surface area contributed by atoms with Gasteiger partial charge in [-0.25, -0.2) is 4.79 Å². The number of nitrogens with two attached hydrogens (primary N) is 1. The van der Waals surface area contributed by atoms with Gasteiger partial charge in [-0.2, -0.15) is 0 Å². The SMILES string of the molecule is CCN1C(=O)[C@H]2[C@@H](C1=O)[C@](C)(C(=O)OC)[NH2+][C@H]2c1ccco1. The van der Waals surface area contributed by atoms with Gasteiger partial charge in [0.25, 0.3) is 0 Å². The van der Waals surface area contributed by atoms with Crippen LogP contribution in [0.1, 0.15) is 25.6 Å². The summed E-state index contributed by atoms with van der Waals surface area (Å²) in [6.07, 6.45) is 1.52. The fourth-order valence-corrected chi connectivity index (χ4v) is 3.79. The molecular weight excluding hydrogens is 288 g/mol. The van der Waals surface area contributed by atoms with Gasteiger partial charge in [-0.15, -0.1) is 0 Å². The monoisotopic (exact) mass is 307 g/mol. The van der Waals surface area contributed by atoms with E-state index in [1.807, 2.05) is 0 Å². The normalized spacial score (nSPS) is 34.1. The zero-order chi connectivity index (χ0) is 16.1. The van der Waals surface area contributed by atoms with Gasteiger partial charge < -0.3 is 14.5 Å². The van der Waals surface area contributed by atoms with E-state index in [1.54, 1.807) is 31.3 Å². The van der Waals surface area contributed by atoms with E-state index < -0.39 is 29.4 Å². The van der Waals surface area contributed by atoms with Gasteiger partial charge in [0.2, 0.25) is 17.4 Å². The molecule has 4 atom stereocenters. The van der Waals surface area contributed by atoms with Crippen molar-refractivity contribution in [1.82, 2.24) is 4.90 Å². The lowest BCUT2D eigenvalue weighted by Gasteiger charge is -2.24. The van der Waals surface area contributed by atoms with Crippen molar-refractivity contribution in [2.24, 2.45) is 11.8 Å². The minimum absolute atomic E-state index is 0.247. The van der Waals surface area contributed by atoms with E-state index in [4.69, 9.17) is 9.15 Å². The quantitative estimate of drug-likeness (QED) is 0.597. The fourth-order valence-electron chi connectivity index (χ4n) is 3.79. The molecule has 2 aliphatic rings. The maximum Gasteiger partial charge on any atom is 0.368 e. The Kier molecular flexibility index (Phi) is 3.32. The molecule has 22 heavy (non-hydrogen) atoms. The summed E-state index contributed by atoms with van der Waals surface area (Å²) in [5.41, 5.74) is -1.13. The molecule has 7 heteroatoms. The number of furan rings is 1. The summed E-state index contributed by atoms with van der Waals surface area (Å²) in [5.74, 6) is -1.82. The zero-order valence-electron chi connectivity index (χ0n) is 12.7.